The molecule has 1 atom stereocenters. The molecule has 0 saturated carbocycles. The largest absolute Gasteiger partial charge is 0.382 e. The zero-order chi connectivity index (χ0) is 23.6. The van der Waals surface area contributed by atoms with Gasteiger partial charge in [0, 0.05) is 27.2 Å². The summed E-state index contributed by atoms with van der Waals surface area (Å²) >= 11 is 0. The quantitative estimate of drug-likeness (QED) is 0.523. The second-order valence-electron chi connectivity index (χ2n) is 8.61. The summed E-state index contributed by atoms with van der Waals surface area (Å²) in [7, 11) is -0.684. The van der Waals surface area contributed by atoms with E-state index in [1.165, 1.54) is 31.8 Å². The first-order valence-electron chi connectivity index (χ1n) is 11.0. The van der Waals surface area contributed by atoms with Crippen molar-refractivity contribution in [3.8, 4) is 0 Å². The van der Waals surface area contributed by atoms with Crippen LogP contribution < -0.4 is 4.84 Å². The highest BCUT2D eigenvalue weighted by atomic mass is 32.2. The van der Waals surface area contributed by atoms with E-state index in [0.717, 1.165) is 28.4 Å². The van der Waals surface area contributed by atoms with Crippen LogP contribution in [0.25, 0.3) is 11.0 Å². The lowest BCUT2D eigenvalue weighted by molar-refractivity contribution is -0.145. The normalized spacial score (nSPS) is 16.3. The first-order valence-corrected chi connectivity index (χ1v) is 12.5. The van der Waals surface area contributed by atoms with E-state index in [2.05, 4.69) is 34.6 Å². The molecule has 0 bridgehead atoms. The lowest BCUT2D eigenvalue weighted by Crippen LogP contribution is -2.46. The van der Waals surface area contributed by atoms with Gasteiger partial charge in [-0.3, -0.25) is 4.79 Å². The molecular weight excluding hydrogens is 442 g/mol. The highest BCUT2D eigenvalue weighted by Crippen LogP contribution is 2.23. The number of hydrogen-bond acceptors (Lipinski definition) is 6. The minimum Gasteiger partial charge on any atom is -0.382 e. The number of sulfonamides is 1. The van der Waals surface area contributed by atoms with Gasteiger partial charge in [-0.05, 0) is 61.1 Å². The molecule has 0 aliphatic carbocycles. The maximum Gasteiger partial charge on any atom is 0.266 e. The van der Waals surface area contributed by atoms with E-state index in [1.54, 1.807) is 13.0 Å². The van der Waals surface area contributed by atoms with Crippen LogP contribution in [-0.4, -0.2) is 72.0 Å². The van der Waals surface area contributed by atoms with E-state index in [4.69, 9.17) is 4.84 Å². The van der Waals surface area contributed by atoms with Gasteiger partial charge >= 0.3 is 0 Å². The van der Waals surface area contributed by atoms with Crippen LogP contribution in [0.3, 0.4) is 0 Å². The topological polar surface area (TPSA) is 97.6 Å². The number of carbonyl (C=O) groups excluding carboxylic acids is 1. The fourth-order valence-electron chi connectivity index (χ4n) is 4.08. The van der Waals surface area contributed by atoms with Crippen molar-refractivity contribution in [3.63, 3.8) is 0 Å². The molecule has 2 heterocycles. The van der Waals surface area contributed by atoms with Crippen LogP contribution >= 0.6 is 0 Å². The van der Waals surface area contributed by atoms with Gasteiger partial charge in [-0.15, -0.1) is 5.10 Å². The van der Waals surface area contributed by atoms with Crippen LogP contribution in [0.2, 0.25) is 0 Å². The first-order chi connectivity index (χ1) is 15.8. The van der Waals surface area contributed by atoms with Gasteiger partial charge in [0.15, 0.2) is 0 Å². The number of amides is 1. The molecule has 1 aliphatic heterocycles. The maximum atomic E-state index is 13.0. The van der Waals surface area contributed by atoms with Crippen molar-refractivity contribution in [2.75, 3.05) is 27.2 Å². The molecule has 1 aliphatic rings. The third kappa shape index (κ3) is 5.01. The maximum absolute atomic E-state index is 13.0. The fourth-order valence-corrected chi connectivity index (χ4v) is 5.01. The molecule has 2 aromatic carbocycles. The standard InChI is InChI=1S/C23H29N5O4S/c1-17(23(29)27-13-11-19(12-14-27)15-18-7-5-4-6-8-18)32-28-22-16-20(33(30,31)26(2)3)9-10-21(22)24-25-28/h4-10,16-17,19H,11-15H2,1-3H3. The second kappa shape index (κ2) is 9.48. The monoisotopic (exact) mass is 471 g/mol. The number of piperidine rings is 1. The Morgan fingerprint density at radius 2 is 1.85 bits per heavy atom. The van der Waals surface area contributed by atoms with Crippen molar-refractivity contribution in [2.24, 2.45) is 5.92 Å². The summed E-state index contributed by atoms with van der Waals surface area (Å²) in [4.78, 5) is 21.8. The number of carbonyl (C=O) groups is 1. The molecular formula is C23H29N5O4S. The van der Waals surface area contributed by atoms with E-state index in [9.17, 15) is 13.2 Å². The lowest BCUT2D eigenvalue weighted by atomic mass is 9.90. The molecule has 176 valence electrons. The summed E-state index contributed by atoms with van der Waals surface area (Å²) in [5.41, 5.74) is 2.20. The summed E-state index contributed by atoms with van der Waals surface area (Å²) in [5.74, 6) is 0.442. The minimum absolute atomic E-state index is 0.103. The van der Waals surface area contributed by atoms with Crippen molar-refractivity contribution in [2.45, 2.75) is 37.2 Å². The Hall–Kier alpha value is -2.98. The van der Waals surface area contributed by atoms with Gasteiger partial charge < -0.3 is 9.74 Å². The number of nitrogens with zero attached hydrogens (tertiary/aromatic N) is 5. The molecule has 1 amide bonds. The molecule has 33 heavy (non-hydrogen) atoms. The van der Waals surface area contributed by atoms with Gasteiger partial charge in [-0.2, -0.15) is 0 Å². The van der Waals surface area contributed by atoms with Crippen molar-refractivity contribution in [3.05, 3.63) is 54.1 Å². The Morgan fingerprint density at radius 3 is 2.52 bits per heavy atom. The van der Waals surface area contributed by atoms with Crippen molar-refractivity contribution in [1.82, 2.24) is 24.4 Å². The van der Waals surface area contributed by atoms with Crippen LogP contribution in [0.5, 0.6) is 0 Å². The van der Waals surface area contributed by atoms with Crippen molar-refractivity contribution >= 4 is 27.0 Å². The Morgan fingerprint density at radius 1 is 1.15 bits per heavy atom. The number of likely N-dealkylation sites (tertiary alicyclic amines) is 1. The fraction of sp³-hybridized carbons (Fsp3) is 0.435. The Kier molecular flexibility index (Phi) is 6.66. The van der Waals surface area contributed by atoms with Crippen LogP contribution in [0.1, 0.15) is 25.3 Å². The number of rotatable bonds is 7. The lowest BCUT2D eigenvalue weighted by Gasteiger charge is -2.33. The molecule has 0 radical (unpaired) electrons. The summed E-state index contributed by atoms with van der Waals surface area (Å²) in [6.07, 6.45) is 2.14. The molecule has 4 rings (SSSR count). The molecule has 0 spiro atoms. The van der Waals surface area contributed by atoms with Gasteiger partial charge in [0.1, 0.15) is 11.0 Å². The molecule has 10 heteroatoms. The predicted molar refractivity (Wildman–Crippen MR) is 124 cm³/mol. The third-order valence-corrected chi connectivity index (χ3v) is 7.88. The Bertz CT molecular complexity index is 1220. The minimum atomic E-state index is -3.62. The number of benzene rings is 2. The van der Waals surface area contributed by atoms with E-state index in [1.807, 2.05) is 11.0 Å². The molecule has 1 unspecified atom stereocenters. The summed E-state index contributed by atoms with van der Waals surface area (Å²) in [5, 5.41) is 7.97. The van der Waals surface area contributed by atoms with Gasteiger partial charge in [-0.25, -0.2) is 12.7 Å². The molecule has 9 nitrogen and oxygen atoms in total. The van der Waals surface area contributed by atoms with Crippen molar-refractivity contribution < 1.29 is 18.0 Å². The van der Waals surface area contributed by atoms with E-state index < -0.39 is 16.1 Å². The average Bonchev–Trinajstić information content (AvgIpc) is 3.21. The zero-order valence-electron chi connectivity index (χ0n) is 19.1. The highest BCUT2D eigenvalue weighted by molar-refractivity contribution is 7.89. The molecule has 1 aromatic heterocycles. The number of fused-ring (bicyclic) bond motifs is 1. The average molecular weight is 472 g/mol. The molecule has 1 fully saturated rings. The molecule has 1 saturated heterocycles. The SMILES string of the molecule is CC(On1nnc2ccc(S(=O)(=O)N(C)C)cc21)C(=O)N1CCC(Cc2ccccc2)CC1. The van der Waals surface area contributed by atoms with E-state index in [0.29, 0.717) is 30.0 Å². The van der Waals surface area contributed by atoms with Crippen LogP contribution in [-0.2, 0) is 21.2 Å². The van der Waals surface area contributed by atoms with Crippen LogP contribution in [0, 0.1) is 5.92 Å². The van der Waals surface area contributed by atoms with Gasteiger partial charge in [0.25, 0.3) is 5.91 Å². The number of hydrogen-bond donors (Lipinski definition) is 0. The summed E-state index contributed by atoms with van der Waals surface area (Å²) in [6.45, 7) is 3.05. The molecule has 3 aromatic rings. The van der Waals surface area contributed by atoms with Crippen molar-refractivity contribution in [1.29, 1.82) is 0 Å². The Balaban J connectivity index is 1.40. The summed E-state index contributed by atoms with van der Waals surface area (Å²) in [6, 6.07) is 14.9. The van der Waals surface area contributed by atoms with Gasteiger partial charge in [-0.1, -0.05) is 35.2 Å². The van der Waals surface area contributed by atoms with Crippen LogP contribution in [0.15, 0.2) is 53.4 Å². The first kappa shape index (κ1) is 23.2. The highest BCUT2D eigenvalue weighted by Gasteiger charge is 2.28. The summed E-state index contributed by atoms with van der Waals surface area (Å²) < 4.78 is 26.1. The number of aromatic nitrogens is 3. The Labute approximate surface area is 193 Å². The van der Waals surface area contributed by atoms with Gasteiger partial charge in [0.2, 0.25) is 16.1 Å². The second-order valence-corrected chi connectivity index (χ2v) is 10.8. The predicted octanol–water partition coefficient (Wildman–Crippen LogP) is 1.98. The third-order valence-electron chi connectivity index (χ3n) is 6.06. The van der Waals surface area contributed by atoms with Gasteiger partial charge in [0.05, 0.1) is 4.90 Å². The molecule has 0 N–H and O–H groups in total. The van der Waals surface area contributed by atoms with E-state index in [-0.39, 0.29) is 10.8 Å². The zero-order valence-corrected chi connectivity index (χ0v) is 19.9. The van der Waals surface area contributed by atoms with Crippen LogP contribution in [0.4, 0.5) is 0 Å². The smallest absolute Gasteiger partial charge is 0.266 e. The van der Waals surface area contributed by atoms with E-state index >= 15 is 0 Å².